The minimum absolute atomic E-state index is 0.145. The normalized spacial score (nSPS) is 15.7. The summed E-state index contributed by atoms with van der Waals surface area (Å²) in [6, 6.07) is 41.6. The Labute approximate surface area is 312 Å². The second-order valence-electron chi connectivity index (χ2n) is 15.2. The Morgan fingerprint density at radius 1 is 0.692 bits per heavy atom. The van der Waals surface area contributed by atoms with Crippen LogP contribution in [0.4, 0.5) is 0 Å². The summed E-state index contributed by atoms with van der Waals surface area (Å²) in [7, 11) is 0. The zero-order chi connectivity index (χ0) is 35.6. The number of thiophene rings is 1. The maximum absolute atomic E-state index is 2.73. The molecular weight excluding hydrogens is 649 g/mol. The van der Waals surface area contributed by atoms with E-state index in [4.69, 9.17) is 0 Å². The number of aromatic nitrogens is 2. The third-order valence-electron chi connectivity index (χ3n) is 12.4. The molecule has 0 saturated heterocycles. The molecule has 1 aliphatic rings. The van der Waals surface area contributed by atoms with Crippen molar-refractivity contribution in [3.63, 3.8) is 0 Å². The molecule has 52 heavy (non-hydrogen) atoms. The largest absolute Gasteiger partial charge is 0.218 e. The van der Waals surface area contributed by atoms with Gasteiger partial charge in [-0.2, -0.15) is 8.97 Å². The van der Waals surface area contributed by atoms with Crippen LogP contribution in [0, 0.1) is 6.92 Å². The second kappa shape index (κ2) is 13.0. The summed E-state index contributed by atoms with van der Waals surface area (Å²) in [5.74, 6) is 0.613. The molecule has 0 spiro atoms. The van der Waals surface area contributed by atoms with E-state index in [0.717, 1.165) is 12.8 Å². The third-order valence-corrected chi connectivity index (χ3v) is 13.5. The molecule has 0 radical (unpaired) electrons. The lowest BCUT2D eigenvalue weighted by molar-refractivity contribution is -0.761. The number of hydrogen-bond donors (Lipinski definition) is 0. The zero-order valence-corrected chi connectivity index (χ0v) is 31.9. The van der Waals surface area contributed by atoms with E-state index in [2.05, 4.69) is 171 Å². The van der Waals surface area contributed by atoms with E-state index in [1.807, 2.05) is 11.3 Å². The summed E-state index contributed by atoms with van der Waals surface area (Å²) in [4.78, 5) is 0. The molecule has 0 fully saturated rings. The molecule has 8 aromatic rings. The Morgan fingerprint density at radius 3 is 2.27 bits per heavy atom. The quantitative estimate of drug-likeness (QED) is 0.110. The van der Waals surface area contributed by atoms with Gasteiger partial charge in [-0.25, -0.2) is 0 Å². The van der Waals surface area contributed by atoms with E-state index >= 15 is 0 Å². The van der Waals surface area contributed by atoms with Gasteiger partial charge in [0.2, 0.25) is 11.2 Å². The highest BCUT2D eigenvalue weighted by Crippen LogP contribution is 2.51. The highest BCUT2D eigenvalue weighted by molar-refractivity contribution is 7.25. The van der Waals surface area contributed by atoms with Gasteiger partial charge < -0.3 is 0 Å². The van der Waals surface area contributed by atoms with Crippen LogP contribution in [0.2, 0.25) is 0 Å². The molecule has 1 aliphatic heterocycles. The molecule has 9 rings (SSSR count). The van der Waals surface area contributed by atoms with Crippen LogP contribution in [-0.4, -0.2) is 0 Å². The van der Waals surface area contributed by atoms with E-state index in [9.17, 15) is 0 Å². The van der Waals surface area contributed by atoms with E-state index in [1.165, 1.54) is 100 Å². The van der Waals surface area contributed by atoms with Crippen molar-refractivity contribution in [3.8, 4) is 22.4 Å². The molecule has 2 unspecified atom stereocenters. The molecule has 2 nitrogen and oxygen atoms in total. The van der Waals surface area contributed by atoms with Crippen LogP contribution >= 0.6 is 11.3 Å². The molecule has 0 amide bonds. The molecule has 258 valence electrons. The fourth-order valence-electron chi connectivity index (χ4n) is 9.56. The summed E-state index contributed by atoms with van der Waals surface area (Å²) >= 11 is 1.91. The third kappa shape index (κ3) is 5.04. The van der Waals surface area contributed by atoms with Crippen LogP contribution in [0.25, 0.3) is 58.8 Å². The van der Waals surface area contributed by atoms with Gasteiger partial charge in [0.1, 0.15) is 0 Å². The Morgan fingerprint density at radius 2 is 1.46 bits per heavy atom. The predicted octanol–water partition coefficient (Wildman–Crippen LogP) is 12.8. The average molecular weight is 697 g/mol. The first kappa shape index (κ1) is 33.0. The standard InChI is InChI=1S/C49H48N2S/c1-6-9-17-33(5)38-28-45-35-20-13-14-22-37(35)48(49(7-2,8-3)51(45)31-42(38)34-18-11-10-12-19-34)43-30-50-25-24-32(4)26-44(50)40-29-47-41(27-39(40)43)36-21-15-16-23-46(36)52-47/h10-16,18-31,33,48H,6-9,17H2,1-5H3/q+2. The van der Waals surface area contributed by atoms with Gasteiger partial charge in [-0.1, -0.05) is 107 Å². The lowest BCUT2D eigenvalue weighted by Crippen LogP contribution is -2.62. The van der Waals surface area contributed by atoms with Gasteiger partial charge in [-0.3, -0.25) is 0 Å². The molecule has 2 atom stereocenters. The fraction of sp³-hybridized carbons (Fsp3) is 0.265. The van der Waals surface area contributed by atoms with Crippen LogP contribution in [0.5, 0.6) is 0 Å². The van der Waals surface area contributed by atoms with E-state index in [0.29, 0.717) is 5.92 Å². The lowest BCUT2D eigenvalue weighted by atomic mass is 9.66. The van der Waals surface area contributed by atoms with Crippen molar-refractivity contribution >= 4 is 47.8 Å². The van der Waals surface area contributed by atoms with E-state index in [1.54, 1.807) is 0 Å². The zero-order valence-electron chi connectivity index (χ0n) is 31.1. The van der Waals surface area contributed by atoms with Crippen molar-refractivity contribution in [1.29, 1.82) is 0 Å². The number of unbranched alkanes of at least 4 members (excludes halogenated alkanes) is 1. The first-order valence-corrected chi connectivity index (χ1v) is 20.2. The number of hydrogen-bond acceptors (Lipinski definition) is 1. The summed E-state index contributed by atoms with van der Waals surface area (Å²) in [6.07, 6.45) is 13.0. The molecule has 0 aliphatic carbocycles. The van der Waals surface area contributed by atoms with Gasteiger partial charge in [0.05, 0.1) is 16.9 Å². The lowest BCUT2D eigenvalue weighted by Gasteiger charge is -2.40. The van der Waals surface area contributed by atoms with Crippen molar-refractivity contribution in [1.82, 2.24) is 0 Å². The van der Waals surface area contributed by atoms with Crippen LogP contribution in [0.3, 0.4) is 0 Å². The number of pyridine rings is 3. The summed E-state index contributed by atoms with van der Waals surface area (Å²) < 4.78 is 7.83. The van der Waals surface area contributed by atoms with Crippen molar-refractivity contribution < 1.29 is 8.97 Å². The highest BCUT2D eigenvalue weighted by Gasteiger charge is 2.53. The molecule has 4 aromatic heterocycles. The summed E-state index contributed by atoms with van der Waals surface area (Å²) in [6.45, 7) is 11.8. The van der Waals surface area contributed by atoms with Crippen molar-refractivity contribution in [2.45, 2.75) is 84.1 Å². The fourth-order valence-corrected chi connectivity index (χ4v) is 10.7. The van der Waals surface area contributed by atoms with Gasteiger partial charge in [0.15, 0.2) is 24.1 Å². The van der Waals surface area contributed by atoms with Crippen LogP contribution in [0.15, 0.2) is 128 Å². The Balaban J connectivity index is 1.39. The van der Waals surface area contributed by atoms with Crippen LogP contribution in [-0.2, 0) is 5.54 Å². The maximum Gasteiger partial charge on any atom is 0.218 e. The monoisotopic (exact) mass is 696 g/mol. The molecule has 3 heteroatoms. The molecule has 0 saturated carbocycles. The first-order chi connectivity index (χ1) is 25.5. The van der Waals surface area contributed by atoms with Crippen molar-refractivity contribution in [2.75, 3.05) is 0 Å². The summed E-state index contributed by atoms with van der Waals surface area (Å²) in [5.41, 5.74) is 12.1. The number of rotatable bonds is 8. The first-order valence-electron chi connectivity index (χ1n) is 19.4. The van der Waals surface area contributed by atoms with Gasteiger partial charge in [0, 0.05) is 62.3 Å². The van der Waals surface area contributed by atoms with Gasteiger partial charge >= 0.3 is 0 Å². The minimum Gasteiger partial charge on any atom is -0.191 e. The van der Waals surface area contributed by atoms with Crippen molar-refractivity contribution in [3.05, 3.63) is 150 Å². The average Bonchev–Trinajstić information content (AvgIpc) is 3.56. The predicted molar refractivity (Wildman–Crippen MR) is 221 cm³/mol. The van der Waals surface area contributed by atoms with Gasteiger partial charge in [-0.15, -0.1) is 11.3 Å². The summed E-state index contributed by atoms with van der Waals surface area (Å²) in [5, 5.41) is 5.41. The molecule has 5 heterocycles. The SMILES string of the molecule is CCCCC(C)c1cc2[n+](cc1-c1ccccc1)C(CC)(CC)C(c1c[n+]3ccc(C)cc3c3cc4sc5ccccc5c4cc13)c1ccccc1-2. The number of nitrogens with zero attached hydrogens (tertiary/aromatic N) is 2. The number of fused-ring (bicyclic) bond motifs is 9. The number of benzene rings is 4. The highest BCUT2D eigenvalue weighted by atomic mass is 32.1. The van der Waals surface area contributed by atoms with E-state index in [-0.39, 0.29) is 11.5 Å². The molecule has 4 aromatic carbocycles. The second-order valence-corrected chi connectivity index (χ2v) is 16.3. The molecule has 0 bridgehead atoms. The van der Waals surface area contributed by atoms with Gasteiger partial charge in [0.25, 0.3) is 0 Å². The van der Waals surface area contributed by atoms with E-state index < -0.39 is 0 Å². The van der Waals surface area contributed by atoms with Crippen molar-refractivity contribution in [2.24, 2.45) is 0 Å². The van der Waals surface area contributed by atoms with Crippen LogP contribution in [0.1, 0.15) is 93.9 Å². The number of aryl methyl sites for hydroxylation is 1. The molecular formula is C49H48N2S+2. The smallest absolute Gasteiger partial charge is 0.191 e. The van der Waals surface area contributed by atoms with Crippen LogP contribution < -0.4 is 8.97 Å². The topological polar surface area (TPSA) is 7.98 Å². The minimum atomic E-state index is -0.185. The Kier molecular flexibility index (Phi) is 8.23. The Hall–Kier alpha value is -4.86. The molecule has 0 N–H and O–H groups in total. The van der Waals surface area contributed by atoms with Gasteiger partial charge in [-0.05, 0) is 71.2 Å². The maximum atomic E-state index is 2.73. The Bertz CT molecular complexity index is 2630.